The van der Waals surface area contributed by atoms with E-state index in [0.29, 0.717) is 12.0 Å². The summed E-state index contributed by atoms with van der Waals surface area (Å²) < 4.78 is 57.5. The molecule has 0 saturated heterocycles. The summed E-state index contributed by atoms with van der Waals surface area (Å²) in [5.74, 6) is -0.979. The maximum absolute atomic E-state index is 14.4. The number of carbonyl (C=O) groups excluding carboxylic acids is 1. The molecule has 1 N–H and O–H groups in total. The van der Waals surface area contributed by atoms with Gasteiger partial charge in [0.1, 0.15) is 5.82 Å². The number of benzene rings is 2. The fourth-order valence-corrected chi connectivity index (χ4v) is 3.76. The molecule has 0 saturated carbocycles. The molecule has 0 radical (unpaired) electrons. The van der Waals surface area contributed by atoms with E-state index < -0.39 is 23.2 Å². The highest BCUT2D eigenvalue weighted by atomic mass is 19.4. The Labute approximate surface area is 190 Å². The molecule has 1 aliphatic rings. The van der Waals surface area contributed by atoms with Gasteiger partial charge in [-0.15, -0.1) is 0 Å². The number of halogens is 4. The number of Topliss-reactive ketones (excluding diaryl/α,β-unsaturated/α-hetero) is 1. The van der Waals surface area contributed by atoms with Crippen LogP contribution in [-0.4, -0.2) is 26.8 Å². The number of hydrogen-bond donors (Lipinski definition) is 1. The molecule has 4 rings (SSSR count). The second kappa shape index (κ2) is 10.3. The molecule has 178 valence electrons. The third-order valence-corrected chi connectivity index (χ3v) is 5.17. The summed E-state index contributed by atoms with van der Waals surface area (Å²) in [5.41, 5.74) is -3.42. The Hall–Kier alpha value is -3.00. The molecule has 4 nitrogen and oxygen atoms in total. The van der Waals surface area contributed by atoms with Crippen LogP contribution in [0.1, 0.15) is 52.2 Å². The van der Waals surface area contributed by atoms with Crippen LogP contribution in [0.2, 0.25) is 0 Å². The SMILES string of the molecule is CC.CC.CCC(=O)Cn1cc(-c2cc(F)cc3c2-c2ccccc2C3(O)C(F)(F)F)cn1. The van der Waals surface area contributed by atoms with Crippen molar-refractivity contribution in [3.05, 3.63) is 65.7 Å². The van der Waals surface area contributed by atoms with Crippen molar-refractivity contribution in [2.75, 3.05) is 0 Å². The highest BCUT2D eigenvalue weighted by molar-refractivity contribution is 5.92. The number of fused-ring (bicyclic) bond motifs is 3. The minimum absolute atomic E-state index is 0.0110. The van der Waals surface area contributed by atoms with Gasteiger partial charge in [0.2, 0.25) is 5.60 Å². The predicted octanol–water partition coefficient (Wildman–Crippen LogP) is 6.50. The van der Waals surface area contributed by atoms with Gasteiger partial charge in [-0.3, -0.25) is 9.48 Å². The molecule has 1 atom stereocenters. The highest BCUT2D eigenvalue weighted by Crippen LogP contribution is 2.57. The lowest BCUT2D eigenvalue weighted by Crippen LogP contribution is -2.41. The first kappa shape index (κ1) is 26.3. The predicted molar refractivity (Wildman–Crippen MR) is 120 cm³/mol. The molecule has 1 aliphatic carbocycles. The molecule has 3 aromatic rings. The summed E-state index contributed by atoms with van der Waals surface area (Å²) >= 11 is 0. The monoisotopic (exact) mass is 464 g/mol. The van der Waals surface area contributed by atoms with Gasteiger partial charge < -0.3 is 5.11 Å². The van der Waals surface area contributed by atoms with Crippen LogP contribution in [0.25, 0.3) is 22.3 Å². The second-order valence-electron chi connectivity index (χ2n) is 6.95. The zero-order valence-electron chi connectivity index (χ0n) is 19.3. The topological polar surface area (TPSA) is 55.1 Å². The van der Waals surface area contributed by atoms with E-state index in [4.69, 9.17) is 0 Å². The number of alkyl halides is 3. The van der Waals surface area contributed by atoms with E-state index in [1.54, 1.807) is 13.0 Å². The Morgan fingerprint density at radius 1 is 1.06 bits per heavy atom. The molecule has 1 aromatic heterocycles. The van der Waals surface area contributed by atoms with Crippen LogP contribution in [0, 0.1) is 5.82 Å². The Morgan fingerprint density at radius 3 is 2.30 bits per heavy atom. The van der Waals surface area contributed by atoms with Crippen LogP contribution in [0.5, 0.6) is 0 Å². The average molecular weight is 465 g/mol. The molecular weight excluding hydrogens is 436 g/mol. The standard InChI is InChI=1S/C21H16F4N2O2.2C2H6/c1-2-14(28)11-27-10-12(9-26-27)16-7-13(22)8-18-19(16)15-5-3-4-6-17(15)20(18,29)21(23,24)25;2*1-2/h3-10,29H,2,11H2,1H3;2*1-2H3. The van der Waals surface area contributed by atoms with E-state index in [1.165, 1.54) is 35.3 Å². The number of rotatable bonds is 4. The van der Waals surface area contributed by atoms with E-state index in [0.717, 1.165) is 12.1 Å². The van der Waals surface area contributed by atoms with Gasteiger partial charge in [0, 0.05) is 29.3 Å². The second-order valence-corrected chi connectivity index (χ2v) is 6.95. The quantitative estimate of drug-likeness (QED) is 0.449. The fourth-order valence-electron chi connectivity index (χ4n) is 3.76. The minimum Gasteiger partial charge on any atom is -0.372 e. The maximum atomic E-state index is 14.4. The minimum atomic E-state index is -5.04. The van der Waals surface area contributed by atoms with Crippen molar-refractivity contribution >= 4 is 5.78 Å². The molecule has 33 heavy (non-hydrogen) atoms. The van der Waals surface area contributed by atoms with Crippen molar-refractivity contribution in [1.29, 1.82) is 0 Å². The third kappa shape index (κ3) is 4.57. The molecular formula is C25H28F4N2O2. The van der Waals surface area contributed by atoms with Crippen LogP contribution in [0.3, 0.4) is 0 Å². The zero-order chi connectivity index (χ0) is 25.0. The lowest BCUT2D eigenvalue weighted by molar-refractivity contribution is -0.246. The number of carbonyl (C=O) groups is 1. The van der Waals surface area contributed by atoms with Crippen LogP contribution < -0.4 is 0 Å². The van der Waals surface area contributed by atoms with E-state index in [2.05, 4.69) is 5.10 Å². The van der Waals surface area contributed by atoms with Crippen molar-refractivity contribution in [2.24, 2.45) is 0 Å². The molecule has 0 amide bonds. The maximum Gasteiger partial charge on any atom is 0.425 e. The number of aromatic nitrogens is 2. The molecule has 0 spiro atoms. The Morgan fingerprint density at radius 2 is 1.70 bits per heavy atom. The molecule has 0 fully saturated rings. The molecule has 8 heteroatoms. The molecule has 1 unspecified atom stereocenters. The van der Waals surface area contributed by atoms with Crippen molar-refractivity contribution in [3.63, 3.8) is 0 Å². The molecule has 0 bridgehead atoms. The fraction of sp³-hybridized carbons (Fsp3) is 0.360. The summed E-state index contributed by atoms with van der Waals surface area (Å²) in [6.07, 6.45) is -1.88. The number of aliphatic hydroxyl groups is 1. The van der Waals surface area contributed by atoms with E-state index >= 15 is 0 Å². The van der Waals surface area contributed by atoms with Gasteiger partial charge in [-0.2, -0.15) is 18.3 Å². The van der Waals surface area contributed by atoms with Crippen molar-refractivity contribution in [3.8, 4) is 22.3 Å². The first-order valence-corrected chi connectivity index (χ1v) is 10.9. The largest absolute Gasteiger partial charge is 0.425 e. The van der Waals surface area contributed by atoms with Crippen molar-refractivity contribution in [2.45, 2.75) is 59.4 Å². The van der Waals surface area contributed by atoms with Crippen LogP contribution in [0.4, 0.5) is 17.6 Å². The lowest BCUT2D eigenvalue weighted by Gasteiger charge is -2.28. The van der Waals surface area contributed by atoms with Gasteiger partial charge in [-0.25, -0.2) is 4.39 Å². The first-order chi connectivity index (χ1) is 15.7. The number of hydrogen-bond acceptors (Lipinski definition) is 3. The van der Waals surface area contributed by atoms with Crippen LogP contribution in [-0.2, 0) is 16.9 Å². The summed E-state index contributed by atoms with van der Waals surface area (Å²) in [4.78, 5) is 11.6. The average Bonchev–Trinajstić information content (AvgIpc) is 3.37. The van der Waals surface area contributed by atoms with Gasteiger partial charge in [0.15, 0.2) is 5.78 Å². The Bertz CT molecular complexity index is 1120. The molecule has 1 heterocycles. The molecule has 2 aromatic carbocycles. The normalized spacial score (nSPS) is 16.1. The van der Waals surface area contributed by atoms with Gasteiger partial charge in [0.25, 0.3) is 0 Å². The van der Waals surface area contributed by atoms with Gasteiger partial charge in [0.05, 0.1) is 12.7 Å². The van der Waals surface area contributed by atoms with E-state index in [-0.39, 0.29) is 34.6 Å². The van der Waals surface area contributed by atoms with Gasteiger partial charge >= 0.3 is 6.18 Å². The summed E-state index contributed by atoms with van der Waals surface area (Å²) in [6, 6.07) is 7.43. The summed E-state index contributed by atoms with van der Waals surface area (Å²) in [5, 5.41) is 14.8. The summed E-state index contributed by atoms with van der Waals surface area (Å²) in [7, 11) is 0. The Kier molecular flexibility index (Phi) is 8.19. The van der Waals surface area contributed by atoms with Gasteiger partial charge in [-0.05, 0) is 28.8 Å². The Balaban J connectivity index is 0.000000914. The van der Waals surface area contributed by atoms with Crippen LogP contribution >= 0.6 is 0 Å². The van der Waals surface area contributed by atoms with Gasteiger partial charge in [-0.1, -0.05) is 58.9 Å². The number of ketones is 1. The zero-order valence-corrected chi connectivity index (χ0v) is 19.3. The van der Waals surface area contributed by atoms with E-state index in [9.17, 15) is 27.5 Å². The highest BCUT2D eigenvalue weighted by Gasteiger charge is 2.61. The summed E-state index contributed by atoms with van der Waals surface area (Å²) in [6.45, 7) is 9.72. The third-order valence-electron chi connectivity index (χ3n) is 5.17. The van der Waals surface area contributed by atoms with Crippen molar-refractivity contribution in [1.82, 2.24) is 9.78 Å². The number of nitrogens with zero attached hydrogens (tertiary/aromatic N) is 2. The van der Waals surface area contributed by atoms with E-state index in [1.807, 2.05) is 27.7 Å². The smallest absolute Gasteiger partial charge is 0.372 e. The van der Waals surface area contributed by atoms with Crippen molar-refractivity contribution < 1.29 is 27.5 Å². The lowest BCUT2D eigenvalue weighted by atomic mass is 9.89. The molecule has 0 aliphatic heterocycles. The first-order valence-electron chi connectivity index (χ1n) is 10.9. The van der Waals surface area contributed by atoms with Crippen LogP contribution in [0.15, 0.2) is 48.8 Å².